The number of carbonyl (C=O) groups excluding carboxylic acids is 3. The molecule has 1 N–H and O–H groups in total. The fourth-order valence-electron chi connectivity index (χ4n) is 2.84. The van der Waals surface area contributed by atoms with Crippen LogP contribution in [0.2, 0.25) is 0 Å². The van der Waals surface area contributed by atoms with Crippen molar-refractivity contribution in [1.29, 1.82) is 0 Å². The van der Waals surface area contributed by atoms with Gasteiger partial charge in [0, 0.05) is 45.5 Å². The molecule has 1 aliphatic heterocycles. The summed E-state index contributed by atoms with van der Waals surface area (Å²) >= 11 is 0. The highest BCUT2D eigenvalue weighted by Gasteiger charge is 2.23. The maximum atomic E-state index is 12.2. The van der Waals surface area contributed by atoms with E-state index in [1.54, 1.807) is 24.0 Å². The molecule has 0 spiro atoms. The lowest BCUT2D eigenvalue weighted by molar-refractivity contribution is -0.130. The molecule has 136 valence electrons. The van der Waals surface area contributed by atoms with E-state index in [1.807, 2.05) is 0 Å². The first-order valence-corrected chi connectivity index (χ1v) is 8.28. The normalized spacial score (nSPS) is 14.9. The van der Waals surface area contributed by atoms with E-state index in [4.69, 9.17) is 4.74 Å². The predicted molar refractivity (Wildman–Crippen MR) is 91.7 cm³/mol. The van der Waals surface area contributed by atoms with Crippen LogP contribution >= 0.6 is 0 Å². The number of Topliss-reactive ketones (excluding diaryl/α,β-unsaturated/α-hetero) is 1. The van der Waals surface area contributed by atoms with E-state index < -0.39 is 0 Å². The molecular formula is C18H24N2O5. The first-order chi connectivity index (χ1) is 11.8. The number of aromatic hydroxyl groups is 1. The Morgan fingerprint density at radius 2 is 1.88 bits per heavy atom. The summed E-state index contributed by atoms with van der Waals surface area (Å²) in [5.74, 6) is -0.203. The number of likely N-dealkylation sites (tertiary alicyclic amines) is 1. The summed E-state index contributed by atoms with van der Waals surface area (Å²) in [6, 6.07) is 4.47. The zero-order chi connectivity index (χ0) is 18.6. The fourth-order valence-corrected chi connectivity index (χ4v) is 2.84. The van der Waals surface area contributed by atoms with Gasteiger partial charge in [0.1, 0.15) is 11.9 Å². The van der Waals surface area contributed by atoms with Crippen molar-refractivity contribution >= 4 is 17.6 Å². The summed E-state index contributed by atoms with van der Waals surface area (Å²) in [6.07, 6.45) is 1.31. The number of rotatable bonds is 5. The van der Waals surface area contributed by atoms with Gasteiger partial charge in [-0.25, -0.2) is 0 Å². The lowest BCUT2D eigenvalue weighted by Crippen LogP contribution is -2.40. The summed E-state index contributed by atoms with van der Waals surface area (Å²) in [6.45, 7) is 4.24. The number of carbonyl (C=O) groups is 3. The lowest BCUT2D eigenvalue weighted by Gasteiger charge is -2.31. The number of piperidine rings is 1. The van der Waals surface area contributed by atoms with Crippen LogP contribution in [0.3, 0.4) is 0 Å². The highest BCUT2D eigenvalue weighted by atomic mass is 16.5. The number of nitrogens with zero attached hydrogens (tertiary/aromatic N) is 2. The second kappa shape index (κ2) is 8.00. The molecule has 1 aliphatic rings. The van der Waals surface area contributed by atoms with Gasteiger partial charge in [-0.3, -0.25) is 14.4 Å². The molecule has 0 radical (unpaired) electrons. The summed E-state index contributed by atoms with van der Waals surface area (Å²) in [5.41, 5.74) is 0.292. The summed E-state index contributed by atoms with van der Waals surface area (Å²) in [5, 5.41) is 10.1. The third-order valence-electron chi connectivity index (χ3n) is 4.19. The number of ether oxygens (including phenoxy) is 1. The molecule has 1 aromatic rings. The van der Waals surface area contributed by atoms with Crippen LogP contribution in [-0.4, -0.2) is 65.3 Å². The molecule has 1 heterocycles. The molecule has 0 aliphatic carbocycles. The van der Waals surface area contributed by atoms with Crippen LogP contribution in [0.1, 0.15) is 37.0 Å². The van der Waals surface area contributed by atoms with Crippen LogP contribution in [0, 0.1) is 0 Å². The largest absolute Gasteiger partial charge is 0.504 e. The number of ketones is 1. The van der Waals surface area contributed by atoms with Gasteiger partial charge in [0.25, 0.3) is 5.91 Å². The van der Waals surface area contributed by atoms with Crippen molar-refractivity contribution in [3.63, 3.8) is 0 Å². The van der Waals surface area contributed by atoms with Crippen molar-refractivity contribution in [2.24, 2.45) is 0 Å². The molecule has 1 saturated heterocycles. The maximum Gasteiger partial charge on any atom is 0.254 e. The Kier molecular flexibility index (Phi) is 6.01. The number of phenolic OH excluding ortho intramolecular Hbond substituents is 1. The summed E-state index contributed by atoms with van der Waals surface area (Å²) < 4.78 is 5.81. The van der Waals surface area contributed by atoms with Crippen molar-refractivity contribution < 1.29 is 24.2 Å². The number of hydrogen-bond acceptors (Lipinski definition) is 5. The van der Waals surface area contributed by atoms with Gasteiger partial charge in [-0.2, -0.15) is 0 Å². The zero-order valence-corrected chi connectivity index (χ0v) is 14.8. The lowest BCUT2D eigenvalue weighted by atomic mass is 10.1. The van der Waals surface area contributed by atoms with Gasteiger partial charge in [-0.1, -0.05) is 0 Å². The molecular weight excluding hydrogens is 324 g/mol. The molecule has 0 bridgehead atoms. The number of phenols is 1. The number of hydrogen-bond donors (Lipinski definition) is 1. The van der Waals surface area contributed by atoms with Crippen LogP contribution in [0.25, 0.3) is 0 Å². The molecule has 2 rings (SSSR count). The van der Waals surface area contributed by atoms with Gasteiger partial charge in [0.2, 0.25) is 5.91 Å². The van der Waals surface area contributed by atoms with E-state index in [1.165, 1.54) is 24.9 Å². The Morgan fingerprint density at radius 1 is 1.24 bits per heavy atom. The SMILES string of the molecule is CC(=O)CN(C)C(=O)c1ccc(OC2CCN(C(C)=O)CC2)c(O)c1. The molecule has 0 unspecified atom stereocenters. The summed E-state index contributed by atoms with van der Waals surface area (Å²) in [4.78, 5) is 37.7. The van der Waals surface area contributed by atoms with E-state index in [-0.39, 0.29) is 36.0 Å². The molecule has 7 nitrogen and oxygen atoms in total. The molecule has 25 heavy (non-hydrogen) atoms. The van der Waals surface area contributed by atoms with Crippen LogP contribution in [0.15, 0.2) is 18.2 Å². The van der Waals surface area contributed by atoms with Gasteiger partial charge in [-0.15, -0.1) is 0 Å². The Hall–Kier alpha value is -2.57. The Bertz CT molecular complexity index is 665. The third kappa shape index (κ3) is 4.95. The smallest absolute Gasteiger partial charge is 0.254 e. The van der Waals surface area contributed by atoms with Gasteiger partial charge in [-0.05, 0) is 25.1 Å². The molecule has 2 amide bonds. The van der Waals surface area contributed by atoms with E-state index in [0.717, 1.165) is 0 Å². The Morgan fingerprint density at radius 3 is 2.40 bits per heavy atom. The monoisotopic (exact) mass is 348 g/mol. The number of benzene rings is 1. The van der Waals surface area contributed by atoms with E-state index in [9.17, 15) is 19.5 Å². The predicted octanol–water partition coefficient (Wildman–Crippen LogP) is 1.44. The van der Waals surface area contributed by atoms with E-state index in [2.05, 4.69) is 0 Å². The second-order valence-electron chi connectivity index (χ2n) is 6.37. The molecule has 1 aromatic carbocycles. The van der Waals surface area contributed by atoms with E-state index in [0.29, 0.717) is 37.2 Å². The molecule has 0 atom stereocenters. The standard InChI is InChI=1S/C18H24N2O5/c1-12(21)11-19(3)18(24)14-4-5-17(16(23)10-14)25-15-6-8-20(9-7-15)13(2)22/h4-5,10,15,23H,6-9,11H2,1-3H3. The molecule has 0 aromatic heterocycles. The highest BCUT2D eigenvalue weighted by Crippen LogP contribution is 2.30. The summed E-state index contributed by atoms with van der Waals surface area (Å²) in [7, 11) is 1.54. The molecule has 0 saturated carbocycles. The fraction of sp³-hybridized carbons (Fsp3) is 0.500. The zero-order valence-electron chi connectivity index (χ0n) is 14.8. The van der Waals surface area contributed by atoms with Crippen molar-refractivity contribution in [3.8, 4) is 11.5 Å². The minimum absolute atomic E-state index is 0.0204. The van der Waals surface area contributed by atoms with Crippen LogP contribution in [0.5, 0.6) is 11.5 Å². The average molecular weight is 348 g/mol. The molecule has 1 fully saturated rings. The Labute approximate surface area is 147 Å². The maximum absolute atomic E-state index is 12.2. The number of likely N-dealkylation sites (N-methyl/N-ethyl adjacent to an activating group) is 1. The van der Waals surface area contributed by atoms with Gasteiger partial charge in [0.05, 0.1) is 6.54 Å². The van der Waals surface area contributed by atoms with Crippen LogP contribution in [0.4, 0.5) is 0 Å². The number of amides is 2. The minimum Gasteiger partial charge on any atom is -0.504 e. The van der Waals surface area contributed by atoms with E-state index >= 15 is 0 Å². The Balaban J connectivity index is 1.99. The van der Waals surface area contributed by atoms with Gasteiger partial charge in [0.15, 0.2) is 11.5 Å². The first kappa shape index (κ1) is 18.8. The van der Waals surface area contributed by atoms with Crippen molar-refractivity contribution in [2.45, 2.75) is 32.8 Å². The van der Waals surface area contributed by atoms with Crippen molar-refractivity contribution in [2.75, 3.05) is 26.7 Å². The highest BCUT2D eigenvalue weighted by molar-refractivity contribution is 5.96. The quantitative estimate of drug-likeness (QED) is 0.870. The minimum atomic E-state index is -0.341. The van der Waals surface area contributed by atoms with Crippen LogP contribution in [-0.2, 0) is 9.59 Å². The average Bonchev–Trinajstić information content (AvgIpc) is 2.55. The second-order valence-corrected chi connectivity index (χ2v) is 6.37. The molecule has 7 heteroatoms. The third-order valence-corrected chi connectivity index (χ3v) is 4.19. The van der Waals surface area contributed by atoms with Crippen LogP contribution < -0.4 is 4.74 Å². The van der Waals surface area contributed by atoms with Gasteiger partial charge < -0.3 is 19.6 Å². The van der Waals surface area contributed by atoms with Crippen molar-refractivity contribution in [1.82, 2.24) is 9.80 Å². The van der Waals surface area contributed by atoms with Gasteiger partial charge >= 0.3 is 0 Å². The first-order valence-electron chi connectivity index (χ1n) is 8.28. The topological polar surface area (TPSA) is 87.2 Å². The van der Waals surface area contributed by atoms with Crippen molar-refractivity contribution in [3.05, 3.63) is 23.8 Å².